The van der Waals surface area contributed by atoms with E-state index in [0.717, 1.165) is 20.1 Å². The molecule has 2 aromatic carbocycles. The van der Waals surface area contributed by atoms with Crippen LogP contribution in [0, 0.1) is 6.92 Å². The minimum absolute atomic E-state index is 0.347. The van der Waals surface area contributed by atoms with Crippen LogP contribution in [-0.4, -0.2) is 25.8 Å². The van der Waals surface area contributed by atoms with E-state index in [1.165, 1.54) is 7.11 Å². The standard InChI is InChI=1S/C18H18Br2N2O3/c1-4-25-17-12(8-13(19)9-15(17)20)10-21-22-18(23)14-6-5-11(2)7-16(14)24-3/h5-10H,4H2,1-3H3,(H,22,23)/b21-10-. The van der Waals surface area contributed by atoms with Crippen LogP contribution in [0.15, 0.2) is 44.4 Å². The Kier molecular flexibility index (Phi) is 7.01. The van der Waals surface area contributed by atoms with Crippen LogP contribution in [0.2, 0.25) is 0 Å². The summed E-state index contributed by atoms with van der Waals surface area (Å²) in [6.45, 7) is 4.36. The molecule has 0 spiro atoms. The lowest BCUT2D eigenvalue weighted by molar-refractivity contribution is 0.0952. The molecule has 2 aromatic rings. The Bertz CT molecular complexity index is 807. The van der Waals surface area contributed by atoms with Gasteiger partial charge >= 0.3 is 0 Å². The first-order valence-corrected chi connectivity index (χ1v) is 9.14. The highest BCUT2D eigenvalue weighted by Crippen LogP contribution is 2.32. The lowest BCUT2D eigenvalue weighted by Crippen LogP contribution is -2.18. The Balaban J connectivity index is 2.20. The van der Waals surface area contributed by atoms with Crippen LogP contribution >= 0.6 is 31.9 Å². The van der Waals surface area contributed by atoms with Gasteiger partial charge in [0.05, 0.1) is 30.0 Å². The van der Waals surface area contributed by atoms with Crippen molar-refractivity contribution in [2.24, 2.45) is 5.10 Å². The van der Waals surface area contributed by atoms with Crippen molar-refractivity contribution in [2.45, 2.75) is 13.8 Å². The van der Waals surface area contributed by atoms with E-state index in [0.29, 0.717) is 23.7 Å². The van der Waals surface area contributed by atoms with Crippen LogP contribution in [-0.2, 0) is 0 Å². The van der Waals surface area contributed by atoms with Crippen LogP contribution in [0.3, 0.4) is 0 Å². The zero-order valence-corrected chi connectivity index (χ0v) is 17.3. The average molecular weight is 470 g/mol. The van der Waals surface area contributed by atoms with Gasteiger partial charge in [0, 0.05) is 10.0 Å². The number of hydrogen-bond acceptors (Lipinski definition) is 4. The van der Waals surface area contributed by atoms with Crippen LogP contribution in [0.25, 0.3) is 0 Å². The molecule has 132 valence electrons. The van der Waals surface area contributed by atoms with Crippen LogP contribution in [0.5, 0.6) is 11.5 Å². The number of carbonyl (C=O) groups is 1. The van der Waals surface area contributed by atoms with Gasteiger partial charge in [-0.05, 0) is 59.6 Å². The van der Waals surface area contributed by atoms with Crippen molar-refractivity contribution >= 4 is 44.0 Å². The van der Waals surface area contributed by atoms with Crippen molar-refractivity contribution in [1.29, 1.82) is 0 Å². The molecule has 0 aromatic heterocycles. The van der Waals surface area contributed by atoms with Gasteiger partial charge in [-0.2, -0.15) is 5.10 Å². The van der Waals surface area contributed by atoms with E-state index in [4.69, 9.17) is 9.47 Å². The molecule has 7 heteroatoms. The number of methoxy groups -OCH3 is 1. The molecule has 0 saturated heterocycles. The van der Waals surface area contributed by atoms with Gasteiger partial charge in [-0.3, -0.25) is 4.79 Å². The number of nitrogens with one attached hydrogen (secondary N) is 1. The fourth-order valence-corrected chi connectivity index (χ4v) is 3.55. The molecule has 0 unspecified atom stereocenters. The largest absolute Gasteiger partial charge is 0.496 e. The van der Waals surface area contributed by atoms with E-state index in [1.807, 2.05) is 32.0 Å². The number of ether oxygens (including phenoxy) is 2. The summed E-state index contributed by atoms with van der Waals surface area (Å²) in [5.74, 6) is 0.824. The molecule has 1 amide bonds. The molecule has 0 heterocycles. The number of rotatable bonds is 6. The number of hydrogen-bond donors (Lipinski definition) is 1. The Morgan fingerprint density at radius 1 is 1.28 bits per heavy atom. The van der Waals surface area contributed by atoms with Gasteiger partial charge < -0.3 is 9.47 Å². The molecule has 1 N–H and O–H groups in total. The summed E-state index contributed by atoms with van der Waals surface area (Å²) in [6, 6.07) is 9.10. The fraction of sp³-hybridized carbons (Fsp3) is 0.222. The Morgan fingerprint density at radius 2 is 2.04 bits per heavy atom. The molecular weight excluding hydrogens is 452 g/mol. The van der Waals surface area contributed by atoms with Crippen molar-refractivity contribution in [2.75, 3.05) is 13.7 Å². The maximum absolute atomic E-state index is 12.3. The minimum Gasteiger partial charge on any atom is -0.496 e. The lowest BCUT2D eigenvalue weighted by Gasteiger charge is -2.10. The third-order valence-electron chi connectivity index (χ3n) is 3.30. The summed E-state index contributed by atoms with van der Waals surface area (Å²) >= 11 is 6.89. The minimum atomic E-state index is -0.347. The Morgan fingerprint density at radius 3 is 2.72 bits per heavy atom. The van der Waals surface area contributed by atoms with E-state index in [-0.39, 0.29) is 5.91 Å². The van der Waals surface area contributed by atoms with E-state index < -0.39 is 0 Å². The molecule has 0 aliphatic heterocycles. The normalized spacial score (nSPS) is 10.8. The first kappa shape index (κ1) is 19.5. The van der Waals surface area contributed by atoms with Crippen LogP contribution < -0.4 is 14.9 Å². The Hall–Kier alpha value is -1.86. The molecule has 25 heavy (non-hydrogen) atoms. The maximum atomic E-state index is 12.3. The highest BCUT2D eigenvalue weighted by Gasteiger charge is 2.12. The monoisotopic (exact) mass is 468 g/mol. The first-order chi connectivity index (χ1) is 12.0. The highest BCUT2D eigenvalue weighted by molar-refractivity contribution is 9.11. The molecule has 0 atom stereocenters. The quantitative estimate of drug-likeness (QED) is 0.493. The van der Waals surface area contributed by atoms with Gasteiger partial charge in [0.1, 0.15) is 11.5 Å². The average Bonchev–Trinajstić information content (AvgIpc) is 2.57. The zero-order valence-electron chi connectivity index (χ0n) is 14.1. The van der Waals surface area contributed by atoms with E-state index in [9.17, 15) is 4.79 Å². The van der Waals surface area contributed by atoms with Gasteiger partial charge in [0.15, 0.2) is 0 Å². The van der Waals surface area contributed by atoms with Gasteiger partial charge in [0.2, 0.25) is 0 Å². The predicted octanol–water partition coefficient (Wildman–Crippen LogP) is 4.69. The van der Waals surface area contributed by atoms with Crippen molar-refractivity contribution in [1.82, 2.24) is 5.43 Å². The fourth-order valence-electron chi connectivity index (χ4n) is 2.18. The third-order valence-corrected chi connectivity index (χ3v) is 4.34. The summed E-state index contributed by atoms with van der Waals surface area (Å²) in [6.07, 6.45) is 1.54. The van der Waals surface area contributed by atoms with Crippen LogP contribution in [0.1, 0.15) is 28.4 Å². The summed E-state index contributed by atoms with van der Waals surface area (Å²) in [5.41, 5.74) is 4.68. The number of carbonyl (C=O) groups excluding carboxylic acids is 1. The zero-order chi connectivity index (χ0) is 18.4. The SMILES string of the molecule is CCOc1c(Br)cc(Br)cc1/C=N\NC(=O)c1ccc(C)cc1OC. The molecule has 0 radical (unpaired) electrons. The molecule has 0 aliphatic rings. The number of aryl methyl sites for hydroxylation is 1. The lowest BCUT2D eigenvalue weighted by atomic mass is 10.1. The van der Waals surface area contributed by atoms with Gasteiger partial charge in [-0.1, -0.05) is 22.0 Å². The molecule has 5 nitrogen and oxygen atoms in total. The molecule has 2 rings (SSSR count). The van der Waals surface area contributed by atoms with Gasteiger partial charge in [-0.15, -0.1) is 0 Å². The van der Waals surface area contributed by atoms with Crippen LogP contribution in [0.4, 0.5) is 0 Å². The molecule has 0 fully saturated rings. The number of nitrogens with zero attached hydrogens (tertiary/aromatic N) is 1. The number of hydrazone groups is 1. The first-order valence-electron chi connectivity index (χ1n) is 7.56. The number of halogens is 2. The van der Waals surface area contributed by atoms with Gasteiger partial charge in [-0.25, -0.2) is 5.43 Å². The third kappa shape index (κ3) is 5.06. The van der Waals surface area contributed by atoms with Crippen molar-refractivity contribution in [3.8, 4) is 11.5 Å². The summed E-state index contributed by atoms with van der Waals surface area (Å²) in [4.78, 5) is 12.3. The second kappa shape index (κ2) is 9.01. The van der Waals surface area contributed by atoms with Crippen molar-refractivity contribution < 1.29 is 14.3 Å². The number of amides is 1. The van der Waals surface area contributed by atoms with E-state index in [2.05, 4.69) is 42.4 Å². The number of benzene rings is 2. The van der Waals surface area contributed by atoms with E-state index >= 15 is 0 Å². The summed E-state index contributed by atoms with van der Waals surface area (Å²) < 4.78 is 12.5. The topological polar surface area (TPSA) is 59.9 Å². The van der Waals surface area contributed by atoms with Crippen molar-refractivity contribution in [3.05, 3.63) is 56.0 Å². The smallest absolute Gasteiger partial charge is 0.275 e. The molecule has 0 saturated carbocycles. The second-order valence-electron chi connectivity index (χ2n) is 5.14. The Labute approximate surface area is 163 Å². The summed E-state index contributed by atoms with van der Waals surface area (Å²) in [5, 5.41) is 4.04. The summed E-state index contributed by atoms with van der Waals surface area (Å²) in [7, 11) is 1.53. The molecule has 0 bridgehead atoms. The predicted molar refractivity (Wildman–Crippen MR) is 106 cm³/mol. The second-order valence-corrected chi connectivity index (χ2v) is 6.91. The van der Waals surface area contributed by atoms with E-state index in [1.54, 1.807) is 18.3 Å². The van der Waals surface area contributed by atoms with Gasteiger partial charge in [0.25, 0.3) is 5.91 Å². The molecule has 0 aliphatic carbocycles. The maximum Gasteiger partial charge on any atom is 0.275 e. The van der Waals surface area contributed by atoms with Crippen molar-refractivity contribution in [3.63, 3.8) is 0 Å². The molecular formula is C18H18Br2N2O3. The highest BCUT2D eigenvalue weighted by atomic mass is 79.9.